The molecular weight excluding hydrogens is 504 g/mol. The Kier molecular flexibility index (Phi) is 10.3. The summed E-state index contributed by atoms with van der Waals surface area (Å²) in [7, 11) is 0. The van der Waals surface area contributed by atoms with Gasteiger partial charge in [-0.25, -0.2) is 0 Å². The highest BCUT2D eigenvalue weighted by Crippen LogP contribution is 2.32. The van der Waals surface area contributed by atoms with Crippen molar-refractivity contribution in [1.82, 2.24) is 0 Å². The molecule has 198 valence electrons. The summed E-state index contributed by atoms with van der Waals surface area (Å²) in [4.78, 5) is 58.4. The minimum atomic E-state index is -1.21. The summed E-state index contributed by atoms with van der Waals surface area (Å²) >= 11 is 0. The first-order chi connectivity index (χ1) is 18.0. The van der Waals surface area contributed by atoms with Crippen LogP contribution in [0.4, 0.5) is 0 Å². The first-order valence-corrected chi connectivity index (χ1v) is 10.6. The predicted molar refractivity (Wildman–Crippen MR) is 137 cm³/mol. The number of aliphatic carboxylic acids is 4. The molecule has 0 aliphatic carbocycles. The molecule has 2 aromatic rings. The maximum Gasteiger partial charge on any atom is 0.325 e. The van der Waals surface area contributed by atoms with Crippen LogP contribution < -0.4 is 0 Å². The number of aliphatic imine (C=N–C) groups is 4. The number of phenols is 1. The Morgan fingerprint density at radius 2 is 0.842 bits per heavy atom. The third kappa shape index (κ3) is 8.99. The highest BCUT2D eigenvalue weighted by Gasteiger charge is 2.16. The van der Waals surface area contributed by atoms with E-state index in [0.717, 1.165) is 12.4 Å². The number of aromatic hydroxyl groups is 1. The Morgan fingerprint density at radius 3 is 1.13 bits per heavy atom. The molecule has 14 nitrogen and oxygen atoms in total. The fourth-order valence-corrected chi connectivity index (χ4v) is 2.99. The topological polar surface area (TPSA) is 242 Å². The van der Waals surface area contributed by atoms with Crippen LogP contribution in [0.25, 0.3) is 11.1 Å². The van der Waals surface area contributed by atoms with Gasteiger partial charge >= 0.3 is 23.9 Å². The summed E-state index contributed by atoms with van der Waals surface area (Å²) in [6, 6.07) is 5.88. The molecule has 0 atom stereocenters. The number of rotatable bonds is 13. The summed E-state index contributed by atoms with van der Waals surface area (Å²) in [6.07, 6.45) is 4.56. The van der Waals surface area contributed by atoms with Crippen molar-refractivity contribution in [1.29, 1.82) is 0 Å². The van der Waals surface area contributed by atoms with E-state index in [2.05, 4.69) is 20.0 Å². The van der Waals surface area contributed by atoms with Crippen molar-refractivity contribution in [3.8, 4) is 22.6 Å². The van der Waals surface area contributed by atoms with E-state index in [1.807, 2.05) is 0 Å². The standard InChI is InChI=1S/C24H22N4O10/c29-19(30)9-25-5-15-1-13(2-16(23(15)37)6-26-10-20(31)32)14-3-17(7-27-11-21(33)34)24(38)18(4-14)8-28-12-22(35)36/h1-8,37-38H,9-12H2,(H,29,30)(H,31,32)(H,33,34)(H,35,36)/p+1. The minimum absolute atomic E-state index is 0.0812. The van der Waals surface area contributed by atoms with Gasteiger partial charge in [-0.05, 0) is 35.4 Å². The fourth-order valence-electron chi connectivity index (χ4n) is 2.99. The Hall–Kier alpha value is -5.40. The molecule has 0 aliphatic rings. The molecule has 38 heavy (non-hydrogen) atoms. The van der Waals surface area contributed by atoms with Gasteiger partial charge in [-0.15, -0.1) is 0 Å². The van der Waals surface area contributed by atoms with Crippen LogP contribution in [0.5, 0.6) is 11.5 Å². The molecule has 0 saturated carbocycles. The number of carboxylic acid groups (broad SMARTS) is 4. The smallest absolute Gasteiger partial charge is 0.325 e. The fraction of sp³-hybridized carbons (Fsp3) is 0.167. The molecule has 2 aromatic carbocycles. The third-order valence-electron chi connectivity index (χ3n) is 4.53. The van der Waals surface area contributed by atoms with Crippen LogP contribution >= 0.6 is 0 Å². The molecule has 0 unspecified atom stereocenters. The highest BCUT2D eigenvalue weighted by atomic mass is 16.4. The normalized spacial score (nSPS) is 11.7. The highest BCUT2D eigenvalue weighted by molar-refractivity contribution is 5.98. The van der Waals surface area contributed by atoms with Gasteiger partial charge in [0.15, 0.2) is 0 Å². The van der Waals surface area contributed by atoms with E-state index in [-0.39, 0.29) is 33.8 Å². The van der Waals surface area contributed by atoms with Gasteiger partial charge in [0.2, 0.25) is 0 Å². The van der Waals surface area contributed by atoms with Gasteiger partial charge in [-0.1, -0.05) is 0 Å². The monoisotopic (exact) mass is 527 g/mol. The average Bonchev–Trinajstić information content (AvgIpc) is 2.82. The number of carboxylic acids is 4. The van der Waals surface area contributed by atoms with E-state index in [4.69, 9.17) is 25.5 Å². The summed E-state index contributed by atoms with van der Waals surface area (Å²) < 4.78 is 0. The number of carbonyl (C=O) groups is 4. The predicted octanol–water partition coefficient (Wildman–Crippen LogP) is 0.511. The van der Waals surface area contributed by atoms with E-state index < -0.39 is 50.1 Å². The van der Waals surface area contributed by atoms with E-state index >= 15 is 0 Å². The third-order valence-corrected chi connectivity index (χ3v) is 4.53. The van der Waals surface area contributed by atoms with Crippen molar-refractivity contribution < 1.29 is 49.8 Å². The molecular formula is C24H23N4O10+. The van der Waals surface area contributed by atoms with Crippen molar-refractivity contribution in [2.75, 3.05) is 26.2 Å². The molecule has 0 aromatic heterocycles. The van der Waals surface area contributed by atoms with E-state index in [1.165, 1.54) is 36.7 Å². The van der Waals surface area contributed by atoms with Gasteiger partial charge in [-0.2, -0.15) is 0 Å². The molecule has 14 heteroatoms. The lowest BCUT2D eigenvalue weighted by molar-refractivity contribution is -0.136. The maximum absolute atomic E-state index is 10.8. The van der Waals surface area contributed by atoms with Gasteiger partial charge in [0.25, 0.3) is 5.75 Å². The van der Waals surface area contributed by atoms with Crippen molar-refractivity contribution in [3.05, 3.63) is 46.5 Å². The molecule has 0 heterocycles. The molecule has 0 fully saturated rings. The summed E-state index contributed by atoms with van der Waals surface area (Å²) in [5, 5.41) is 54.4. The maximum atomic E-state index is 10.8. The van der Waals surface area contributed by atoms with Crippen LogP contribution in [0.15, 0.2) is 44.2 Å². The molecule has 2 rings (SSSR count). The number of hydrogen-bond acceptors (Lipinski definition) is 9. The van der Waals surface area contributed by atoms with Crippen LogP contribution in [-0.2, 0) is 19.2 Å². The zero-order valence-electron chi connectivity index (χ0n) is 19.6. The SMILES string of the molecule is O=C(O)CN=Cc1cc(-c2cc(C=NCC(=O)O)c([OH2+])c(C=NCC(=O)O)c2)cc(C=NCC(=O)O)c1O. The van der Waals surface area contributed by atoms with Gasteiger partial charge in [0.1, 0.15) is 31.9 Å². The summed E-state index contributed by atoms with van der Waals surface area (Å²) in [5.41, 5.74) is 1.30. The first-order valence-electron chi connectivity index (χ1n) is 10.6. The van der Waals surface area contributed by atoms with E-state index in [0.29, 0.717) is 11.1 Å². The number of hydrogen-bond donors (Lipinski definition) is 5. The van der Waals surface area contributed by atoms with Crippen molar-refractivity contribution >= 4 is 48.7 Å². The first kappa shape index (κ1) is 28.8. The number of benzene rings is 2. The number of phenolic OH excluding ortho intramolecular Hbond substituents is 1. The second-order valence-corrected chi connectivity index (χ2v) is 7.49. The van der Waals surface area contributed by atoms with Gasteiger partial charge in [-0.3, -0.25) is 39.1 Å². The Morgan fingerprint density at radius 1 is 0.579 bits per heavy atom. The second kappa shape index (κ2) is 13.6. The Labute approximate surface area is 214 Å². The lowest BCUT2D eigenvalue weighted by atomic mass is 9.95. The summed E-state index contributed by atoms with van der Waals surface area (Å²) in [5.74, 6) is -5.26. The van der Waals surface area contributed by atoms with Crippen molar-refractivity contribution in [2.45, 2.75) is 0 Å². The van der Waals surface area contributed by atoms with Gasteiger partial charge in [0, 0.05) is 36.0 Å². The zero-order valence-corrected chi connectivity index (χ0v) is 19.6. The number of nitrogens with zero attached hydrogens (tertiary/aromatic N) is 4. The van der Waals surface area contributed by atoms with Crippen LogP contribution in [0.2, 0.25) is 0 Å². The van der Waals surface area contributed by atoms with Gasteiger partial charge < -0.3 is 30.6 Å². The Bertz CT molecular complexity index is 1160. The zero-order chi connectivity index (χ0) is 28.2. The van der Waals surface area contributed by atoms with E-state index in [9.17, 15) is 24.3 Å². The second-order valence-electron chi connectivity index (χ2n) is 7.49. The van der Waals surface area contributed by atoms with Crippen molar-refractivity contribution in [3.63, 3.8) is 0 Å². The lowest BCUT2D eigenvalue weighted by Gasteiger charge is -2.11. The lowest BCUT2D eigenvalue weighted by Crippen LogP contribution is -2.02. The molecule has 0 saturated heterocycles. The van der Waals surface area contributed by atoms with Crippen LogP contribution in [0.3, 0.4) is 0 Å². The quantitative estimate of drug-likeness (QED) is 0.180. The average molecular weight is 527 g/mol. The minimum Gasteiger partial charge on any atom is -0.592 e. The molecule has 0 radical (unpaired) electrons. The van der Waals surface area contributed by atoms with Gasteiger partial charge in [0.05, 0.1) is 11.1 Å². The van der Waals surface area contributed by atoms with Crippen LogP contribution in [-0.4, -0.2) is 106 Å². The molecule has 0 bridgehead atoms. The van der Waals surface area contributed by atoms with Crippen LogP contribution in [0, 0.1) is 0 Å². The van der Waals surface area contributed by atoms with E-state index in [1.54, 1.807) is 0 Å². The molecule has 0 spiro atoms. The molecule has 0 amide bonds. The molecule has 7 N–H and O–H groups in total. The summed E-state index contributed by atoms with van der Waals surface area (Å²) in [6.45, 7) is -2.26. The Balaban J connectivity index is 2.72. The largest absolute Gasteiger partial charge is 0.592 e. The molecule has 0 aliphatic heterocycles. The van der Waals surface area contributed by atoms with Crippen LogP contribution in [0.1, 0.15) is 22.3 Å². The van der Waals surface area contributed by atoms with Crippen molar-refractivity contribution in [2.24, 2.45) is 20.0 Å².